The Morgan fingerprint density at radius 3 is 2.64 bits per heavy atom. The average molecular weight is 275 g/mol. The summed E-state index contributed by atoms with van der Waals surface area (Å²) in [6, 6.07) is 6.21. The lowest BCUT2D eigenvalue weighted by Crippen LogP contribution is -2.13. The molecule has 0 spiro atoms. The smallest absolute Gasteiger partial charge is 0.0548 e. The van der Waals surface area contributed by atoms with E-state index in [1.807, 2.05) is 6.07 Å². The van der Waals surface area contributed by atoms with Crippen LogP contribution >= 0.6 is 27.5 Å². The predicted molar refractivity (Wildman–Crippen MR) is 63.7 cm³/mol. The first-order valence-electron chi connectivity index (χ1n) is 4.83. The molecule has 1 saturated carbocycles. The molecule has 0 amide bonds. The molecule has 0 heterocycles. The molecule has 0 aliphatic heterocycles. The first-order chi connectivity index (χ1) is 6.68. The quantitative estimate of drug-likeness (QED) is 0.897. The van der Waals surface area contributed by atoms with Crippen LogP contribution in [0.25, 0.3) is 0 Å². The normalized spacial score (nSPS) is 18.2. The highest BCUT2D eigenvalue weighted by atomic mass is 79.9. The van der Waals surface area contributed by atoms with E-state index in [1.165, 1.54) is 18.4 Å². The fraction of sp³-hybridized carbons (Fsp3) is 0.455. The molecule has 1 aliphatic carbocycles. The lowest BCUT2D eigenvalue weighted by molar-refractivity contribution is 0.629. The van der Waals surface area contributed by atoms with Gasteiger partial charge in [-0.2, -0.15) is 0 Å². The van der Waals surface area contributed by atoms with Crippen LogP contribution in [0, 0.1) is 0 Å². The zero-order valence-corrected chi connectivity index (χ0v) is 10.2. The van der Waals surface area contributed by atoms with Gasteiger partial charge in [0.2, 0.25) is 0 Å². The van der Waals surface area contributed by atoms with Crippen LogP contribution in [-0.4, -0.2) is 6.54 Å². The topological polar surface area (TPSA) is 26.0 Å². The fourth-order valence-corrected chi connectivity index (χ4v) is 2.43. The van der Waals surface area contributed by atoms with E-state index in [0.29, 0.717) is 5.41 Å². The molecule has 1 aromatic rings. The van der Waals surface area contributed by atoms with Crippen molar-refractivity contribution in [1.82, 2.24) is 0 Å². The zero-order chi connectivity index (χ0) is 10.2. The van der Waals surface area contributed by atoms with E-state index in [4.69, 9.17) is 17.3 Å². The monoisotopic (exact) mass is 273 g/mol. The summed E-state index contributed by atoms with van der Waals surface area (Å²) in [6.07, 6.45) is 3.61. The maximum absolute atomic E-state index is 5.96. The zero-order valence-electron chi connectivity index (χ0n) is 7.89. The number of rotatable bonds is 3. The molecule has 0 atom stereocenters. The number of hydrogen-bond acceptors (Lipinski definition) is 1. The Hall–Kier alpha value is -0.0500. The number of nitrogens with two attached hydrogens (primary N) is 1. The summed E-state index contributed by atoms with van der Waals surface area (Å²) in [6.45, 7) is 0.764. The Kier molecular flexibility index (Phi) is 2.87. The summed E-state index contributed by atoms with van der Waals surface area (Å²) in [5, 5.41) is 0.775. The van der Waals surface area contributed by atoms with E-state index in [2.05, 4.69) is 28.1 Å². The van der Waals surface area contributed by atoms with Gasteiger partial charge in [0.1, 0.15) is 0 Å². The second-order valence-electron chi connectivity index (χ2n) is 3.95. The van der Waals surface area contributed by atoms with Crippen molar-refractivity contribution in [2.45, 2.75) is 24.7 Å². The molecule has 1 nitrogen and oxygen atoms in total. The minimum Gasteiger partial charge on any atom is -0.330 e. The van der Waals surface area contributed by atoms with E-state index in [9.17, 15) is 0 Å². The Bertz CT molecular complexity index is 347. The molecule has 2 N–H and O–H groups in total. The molecule has 0 aromatic heterocycles. The van der Waals surface area contributed by atoms with Crippen molar-refractivity contribution in [3.05, 3.63) is 33.3 Å². The average Bonchev–Trinajstić information content (AvgIpc) is 2.91. The summed E-state index contributed by atoms with van der Waals surface area (Å²) < 4.78 is 0.986. The van der Waals surface area contributed by atoms with Crippen LogP contribution in [0.1, 0.15) is 24.8 Å². The second-order valence-corrected chi connectivity index (χ2v) is 5.21. The summed E-state index contributed by atoms with van der Waals surface area (Å²) in [4.78, 5) is 0. The van der Waals surface area contributed by atoms with Crippen molar-refractivity contribution in [1.29, 1.82) is 0 Å². The first kappa shape index (κ1) is 10.5. The van der Waals surface area contributed by atoms with Gasteiger partial charge in [-0.05, 0) is 64.8 Å². The molecule has 3 heteroatoms. The molecule has 14 heavy (non-hydrogen) atoms. The van der Waals surface area contributed by atoms with Crippen LogP contribution in [0.15, 0.2) is 22.7 Å². The van der Waals surface area contributed by atoms with E-state index in [1.54, 1.807) is 0 Å². The molecular formula is C11H13BrClN. The highest BCUT2D eigenvalue weighted by Crippen LogP contribution is 2.51. The largest absolute Gasteiger partial charge is 0.330 e. The highest BCUT2D eigenvalue weighted by Gasteiger charge is 2.43. The summed E-state index contributed by atoms with van der Waals surface area (Å²) in [5.74, 6) is 0. The molecule has 0 bridgehead atoms. The number of hydrogen-bond donors (Lipinski definition) is 1. The van der Waals surface area contributed by atoms with Gasteiger partial charge in [0, 0.05) is 4.47 Å². The molecule has 1 fully saturated rings. The van der Waals surface area contributed by atoms with Crippen LogP contribution in [0.5, 0.6) is 0 Å². The summed E-state index contributed by atoms with van der Waals surface area (Å²) >= 11 is 9.41. The van der Waals surface area contributed by atoms with Crippen molar-refractivity contribution >= 4 is 27.5 Å². The van der Waals surface area contributed by atoms with Gasteiger partial charge in [0.25, 0.3) is 0 Å². The minimum atomic E-state index is 0.363. The standard InChI is InChI=1S/C11H13BrClN/c12-9-7-8(1-2-10(9)13)11(3-4-11)5-6-14/h1-2,7H,3-6,14H2. The van der Waals surface area contributed by atoms with E-state index >= 15 is 0 Å². The van der Waals surface area contributed by atoms with Crippen LogP contribution in [0.4, 0.5) is 0 Å². The number of benzene rings is 1. The van der Waals surface area contributed by atoms with Gasteiger partial charge in [-0.3, -0.25) is 0 Å². The molecular weight excluding hydrogens is 261 g/mol. The van der Waals surface area contributed by atoms with Crippen LogP contribution in [-0.2, 0) is 5.41 Å². The maximum Gasteiger partial charge on any atom is 0.0548 e. The minimum absolute atomic E-state index is 0.363. The van der Waals surface area contributed by atoms with Gasteiger partial charge in [-0.1, -0.05) is 17.7 Å². The third-order valence-corrected chi connectivity index (χ3v) is 4.22. The Morgan fingerprint density at radius 1 is 1.43 bits per heavy atom. The van der Waals surface area contributed by atoms with E-state index < -0.39 is 0 Å². The lowest BCUT2D eigenvalue weighted by atomic mass is 9.93. The Morgan fingerprint density at radius 2 is 2.14 bits per heavy atom. The molecule has 1 aliphatic rings. The molecule has 1 aromatic carbocycles. The highest BCUT2D eigenvalue weighted by molar-refractivity contribution is 9.10. The van der Waals surface area contributed by atoms with Gasteiger partial charge >= 0.3 is 0 Å². The molecule has 0 unspecified atom stereocenters. The van der Waals surface area contributed by atoms with Gasteiger partial charge in [-0.15, -0.1) is 0 Å². The fourth-order valence-electron chi connectivity index (χ4n) is 1.94. The molecule has 0 saturated heterocycles. The lowest BCUT2D eigenvalue weighted by Gasteiger charge is -2.14. The van der Waals surface area contributed by atoms with Crippen LogP contribution in [0.3, 0.4) is 0 Å². The van der Waals surface area contributed by atoms with E-state index in [-0.39, 0.29) is 0 Å². The SMILES string of the molecule is NCCC1(c2ccc(Cl)c(Br)c2)CC1. The maximum atomic E-state index is 5.96. The van der Waals surface area contributed by atoms with E-state index in [0.717, 1.165) is 22.5 Å². The second kappa shape index (κ2) is 3.84. The number of halogens is 2. The van der Waals surface area contributed by atoms with Crippen molar-refractivity contribution in [2.24, 2.45) is 5.73 Å². The third kappa shape index (κ3) is 1.83. The third-order valence-electron chi connectivity index (χ3n) is 3.01. The van der Waals surface area contributed by atoms with Crippen LogP contribution in [0.2, 0.25) is 5.02 Å². The predicted octanol–water partition coefficient (Wildman–Crippen LogP) is 3.48. The first-order valence-corrected chi connectivity index (χ1v) is 6.01. The Labute approximate surface area is 97.8 Å². The van der Waals surface area contributed by atoms with Gasteiger partial charge in [0.15, 0.2) is 0 Å². The van der Waals surface area contributed by atoms with Crippen molar-refractivity contribution in [3.8, 4) is 0 Å². The summed E-state index contributed by atoms with van der Waals surface area (Å²) in [7, 11) is 0. The van der Waals surface area contributed by atoms with Crippen molar-refractivity contribution < 1.29 is 0 Å². The molecule has 0 radical (unpaired) electrons. The van der Waals surface area contributed by atoms with Crippen molar-refractivity contribution in [3.63, 3.8) is 0 Å². The van der Waals surface area contributed by atoms with Crippen molar-refractivity contribution in [2.75, 3.05) is 6.54 Å². The van der Waals surface area contributed by atoms with Crippen LogP contribution < -0.4 is 5.73 Å². The summed E-state index contributed by atoms with van der Waals surface area (Å²) in [5.41, 5.74) is 7.36. The Balaban J connectivity index is 2.28. The van der Waals surface area contributed by atoms with Gasteiger partial charge < -0.3 is 5.73 Å². The van der Waals surface area contributed by atoms with Gasteiger partial charge in [-0.25, -0.2) is 0 Å². The molecule has 76 valence electrons. The van der Waals surface area contributed by atoms with Gasteiger partial charge in [0.05, 0.1) is 5.02 Å². The molecule has 2 rings (SSSR count).